The summed E-state index contributed by atoms with van der Waals surface area (Å²) in [6, 6.07) is 11.8. The molecule has 0 saturated carbocycles. The van der Waals surface area contributed by atoms with Crippen LogP contribution in [0.15, 0.2) is 47.1 Å². The van der Waals surface area contributed by atoms with Gasteiger partial charge in [0.05, 0.1) is 32.6 Å². The van der Waals surface area contributed by atoms with Crippen LogP contribution in [0, 0.1) is 0 Å². The van der Waals surface area contributed by atoms with E-state index in [9.17, 15) is 4.79 Å². The Hall–Kier alpha value is -2.61. The van der Waals surface area contributed by atoms with Gasteiger partial charge >= 0.3 is 0 Å². The van der Waals surface area contributed by atoms with Gasteiger partial charge in [-0.1, -0.05) is 12.1 Å². The normalized spacial score (nSPS) is 17.5. The zero-order valence-corrected chi connectivity index (χ0v) is 19.1. The third kappa shape index (κ3) is 4.20. The first-order chi connectivity index (χ1) is 15.7. The van der Waals surface area contributed by atoms with E-state index in [-0.39, 0.29) is 11.9 Å². The first kappa shape index (κ1) is 21.2. The highest BCUT2D eigenvalue weighted by molar-refractivity contribution is 7.16. The quantitative estimate of drug-likeness (QED) is 0.576. The Morgan fingerprint density at radius 1 is 1.16 bits per heavy atom. The second-order valence-electron chi connectivity index (χ2n) is 8.21. The molecule has 0 bridgehead atoms. The number of nitrogens with one attached hydrogen (secondary N) is 1. The molecule has 32 heavy (non-hydrogen) atoms. The molecule has 6 nitrogen and oxygen atoms in total. The van der Waals surface area contributed by atoms with Gasteiger partial charge in [-0.25, -0.2) is 0 Å². The molecule has 7 heteroatoms. The summed E-state index contributed by atoms with van der Waals surface area (Å²) in [4.78, 5) is 16.8. The highest BCUT2D eigenvalue weighted by Crippen LogP contribution is 2.46. The molecule has 1 N–H and O–H groups in total. The van der Waals surface area contributed by atoms with Crippen LogP contribution >= 0.6 is 11.3 Å². The van der Waals surface area contributed by atoms with Crippen molar-refractivity contribution in [2.24, 2.45) is 0 Å². The second-order valence-corrected chi connectivity index (χ2v) is 9.32. The number of anilines is 1. The fourth-order valence-electron chi connectivity index (χ4n) is 4.75. The maximum atomic E-state index is 12.9. The average Bonchev–Trinajstić information content (AvgIpc) is 3.49. The molecule has 1 aliphatic carbocycles. The van der Waals surface area contributed by atoms with Gasteiger partial charge in [0.25, 0.3) is 5.91 Å². The minimum atomic E-state index is -0.207. The minimum absolute atomic E-state index is 0.0269. The molecule has 0 spiro atoms. The minimum Gasteiger partial charge on any atom is -0.497 e. The standard InChI is InChI=1S/C25H28N2O4S/c1-29-18-7-4-6-17(16-18)23(27-11-14-30-15-12-27)22-19-8-2-3-10-21(19)32-25(22)26-24(28)20-9-5-13-31-20/h4-7,9,13,16,23H,2-3,8,10-12,14-15H2,1H3,(H,26,28)/t23-/m1/s1. The lowest BCUT2D eigenvalue weighted by Crippen LogP contribution is -2.40. The average molecular weight is 453 g/mol. The molecule has 1 atom stereocenters. The summed E-state index contributed by atoms with van der Waals surface area (Å²) >= 11 is 1.72. The predicted molar refractivity (Wildman–Crippen MR) is 125 cm³/mol. The zero-order valence-electron chi connectivity index (χ0n) is 18.3. The maximum absolute atomic E-state index is 12.9. The third-order valence-electron chi connectivity index (χ3n) is 6.28. The van der Waals surface area contributed by atoms with Gasteiger partial charge in [0.15, 0.2) is 5.76 Å². The SMILES string of the molecule is COc1cccc([C@H](c2c(NC(=O)c3ccco3)sc3c2CCCC3)N2CCOCC2)c1. The number of carbonyl (C=O) groups is 1. The van der Waals surface area contributed by atoms with E-state index in [2.05, 4.69) is 22.3 Å². The molecule has 3 aromatic rings. The Kier molecular flexibility index (Phi) is 6.30. The van der Waals surface area contributed by atoms with Crippen molar-refractivity contribution in [2.45, 2.75) is 31.7 Å². The van der Waals surface area contributed by atoms with Crippen LogP contribution in [0.5, 0.6) is 5.75 Å². The van der Waals surface area contributed by atoms with Crippen molar-refractivity contribution >= 4 is 22.2 Å². The van der Waals surface area contributed by atoms with E-state index in [0.29, 0.717) is 19.0 Å². The van der Waals surface area contributed by atoms with Gasteiger partial charge < -0.3 is 19.2 Å². The Bertz CT molecular complexity index is 1070. The summed E-state index contributed by atoms with van der Waals surface area (Å²) in [5, 5.41) is 4.11. The van der Waals surface area contributed by atoms with Crippen molar-refractivity contribution in [1.29, 1.82) is 0 Å². The second kappa shape index (κ2) is 9.48. The van der Waals surface area contributed by atoms with Crippen LogP contribution in [0.4, 0.5) is 5.00 Å². The number of hydrogen-bond donors (Lipinski definition) is 1. The largest absolute Gasteiger partial charge is 0.497 e. The number of hydrogen-bond acceptors (Lipinski definition) is 6. The van der Waals surface area contributed by atoms with E-state index in [1.54, 1.807) is 30.6 Å². The lowest BCUT2D eigenvalue weighted by atomic mass is 9.88. The molecule has 1 aromatic carbocycles. The number of aryl methyl sites for hydroxylation is 1. The molecule has 3 heterocycles. The number of amides is 1. The maximum Gasteiger partial charge on any atom is 0.291 e. The Labute approximate surface area is 192 Å². The fraction of sp³-hybridized carbons (Fsp3) is 0.400. The molecule has 1 aliphatic heterocycles. The lowest BCUT2D eigenvalue weighted by molar-refractivity contribution is 0.0239. The molecular formula is C25H28N2O4S. The summed E-state index contributed by atoms with van der Waals surface area (Å²) in [6.45, 7) is 3.11. The molecule has 2 aromatic heterocycles. The van der Waals surface area contributed by atoms with Gasteiger partial charge in [-0.15, -0.1) is 11.3 Å². The molecule has 0 unspecified atom stereocenters. The van der Waals surface area contributed by atoms with Crippen molar-refractivity contribution < 1.29 is 18.7 Å². The third-order valence-corrected chi connectivity index (χ3v) is 7.50. The van der Waals surface area contributed by atoms with Crippen LogP contribution in [-0.2, 0) is 17.6 Å². The van der Waals surface area contributed by atoms with Gasteiger partial charge in [-0.2, -0.15) is 0 Å². The molecule has 1 saturated heterocycles. The van der Waals surface area contributed by atoms with E-state index in [0.717, 1.165) is 36.7 Å². The number of rotatable bonds is 6. The summed E-state index contributed by atoms with van der Waals surface area (Å²) in [7, 11) is 1.70. The molecule has 0 radical (unpaired) electrons. The lowest BCUT2D eigenvalue weighted by Gasteiger charge is -2.36. The molecule has 5 rings (SSSR count). The number of ether oxygens (including phenoxy) is 2. The fourth-order valence-corrected chi connectivity index (χ4v) is 6.07. The van der Waals surface area contributed by atoms with Crippen LogP contribution in [0.1, 0.15) is 51.0 Å². The number of thiophene rings is 1. The van der Waals surface area contributed by atoms with E-state index in [4.69, 9.17) is 13.9 Å². The monoisotopic (exact) mass is 452 g/mol. The number of benzene rings is 1. The first-order valence-corrected chi connectivity index (χ1v) is 12.0. The smallest absolute Gasteiger partial charge is 0.291 e. The number of carbonyl (C=O) groups excluding carboxylic acids is 1. The summed E-state index contributed by atoms with van der Waals surface area (Å²) in [5.41, 5.74) is 3.79. The van der Waals surface area contributed by atoms with Crippen LogP contribution in [0.3, 0.4) is 0 Å². The number of morpholine rings is 1. The Morgan fingerprint density at radius 3 is 2.78 bits per heavy atom. The number of furan rings is 1. The van der Waals surface area contributed by atoms with Crippen molar-refractivity contribution in [1.82, 2.24) is 4.90 Å². The molecule has 1 amide bonds. The van der Waals surface area contributed by atoms with E-state index < -0.39 is 0 Å². The van der Waals surface area contributed by atoms with Crippen molar-refractivity contribution in [3.63, 3.8) is 0 Å². The summed E-state index contributed by atoms with van der Waals surface area (Å²) in [5.74, 6) is 0.957. The molecule has 1 fully saturated rings. The molecular weight excluding hydrogens is 424 g/mol. The van der Waals surface area contributed by atoms with Gasteiger partial charge in [0, 0.05) is 23.5 Å². The van der Waals surface area contributed by atoms with Gasteiger partial charge in [-0.3, -0.25) is 9.69 Å². The van der Waals surface area contributed by atoms with Gasteiger partial charge in [0.2, 0.25) is 0 Å². The van der Waals surface area contributed by atoms with Crippen molar-refractivity contribution in [2.75, 3.05) is 38.7 Å². The summed E-state index contributed by atoms with van der Waals surface area (Å²) < 4.78 is 16.6. The number of methoxy groups -OCH3 is 1. The van der Waals surface area contributed by atoms with E-state index in [1.165, 1.54) is 40.7 Å². The van der Waals surface area contributed by atoms with E-state index in [1.807, 2.05) is 12.1 Å². The predicted octanol–water partition coefficient (Wildman–Crippen LogP) is 4.90. The Morgan fingerprint density at radius 2 is 2.00 bits per heavy atom. The summed E-state index contributed by atoms with van der Waals surface area (Å²) in [6.07, 6.45) is 6.01. The zero-order chi connectivity index (χ0) is 21.9. The van der Waals surface area contributed by atoms with Crippen LogP contribution in [-0.4, -0.2) is 44.2 Å². The number of nitrogens with zero attached hydrogens (tertiary/aromatic N) is 1. The van der Waals surface area contributed by atoms with Crippen molar-refractivity contribution in [3.8, 4) is 5.75 Å². The van der Waals surface area contributed by atoms with Crippen molar-refractivity contribution in [3.05, 3.63) is 70.0 Å². The highest BCUT2D eigenvalue weighted by atomic mass is 32.1. The first-order valence-electron chi connectivity index (χ1n) is 11.2. The highest BCUT2D eigenvalue weighted by Gasteiger charge is 2.33. The molecule has 168 valence electrons. The topological polar surface area (TPSA) is 63.9 Å². The van der Waals surface area contributed by atoms with Crippen LogP contribution < -0.4 is 10.1 Å². The molecule has 2 aliphatic rings. The van der Waals surface area contributed by atoms with Crippen LogP contribution in [0.2, 0.25) is 0 Å². The van der Waals surface area contributed by atoms with E-state index >= 15 is 0 Å². The van der Waals surface area contributed by atoms with Crippen LogP contribution in [0.25, 0.3) is 0 Å². The Balaban J connectivity index is 1.62. The number of fused-ring (bicyclic) bond motifs is 1. The van der Waals surface area contributed by atoms with Gasteiger partial charge in [0.1, 0.15) is 10.8 Å². The van der Waals surface area contributed by atoms with Gasteiger partial charge in [-0.05, 0) is 61.1 Å².